The molecule has 2 N–H and O–H groups in total. The van der Waals surface area contributed by atoms with Crippen molar-refractivity contribution in [3.63, 3.8) is 0 Å². The van der Waals surface area contributed by atoms with Gasteiger partial charge in [-0.3, -0.25) is 4.79 Å². The maximum Gasteiger partial charge on any atom is 0.227 e. The minimum absolute atomic E-state index is 0.0132. The summed E-state index contributed by atoms with van der Waals surface area (Å²) in [6.07, 6.45) is 3.84. The lowest BCUT2D eigenvalue weighted by atomic mass is 9.98. The zero-order chi connectivity index (χ0) is 15.7. The molecule has 114 valence electrons. The van der Waals surface area contributed by atoms with E-state index in [1.54, 1.807) is 18.2 Å². The molecule has 1 rings (SSSR count). The quantitative estimate of drug-likeness (QED) is 0.785. The third-order valence-electron chi connectivity index (χ3n) is 3.31. The van der Waals surface area contributed by atoms with E-state index >= 15 is 0 Å². The van der Waals surface area contributed by atoms with Crippen LogP contribution in [-0.2, 0) is 4.79 Å². The highest BCUT2D eigenvalue weighted by atomic mass is 35.5. The molecule has 0 aliphatic carbocycles. The summed E-state index contributed by atoms with van der Waals surface area (Å²) in [6, 6.07) is 5.15. The first-order valence-corrected chi connectivity index (χ1v) is 7.70. The zero-order valence-corrected chi connectivity index (χ0v) is 13.3. The van der Waals surface area contributed by atoms with Gasteiger partial charge in [0.05, 0.1) is 5.69 Å². The Bertz CT molecular complexity index is 531. The number of hydrogen-bond acceptors (Lipinski definition) is 2. The van der Waals surface area contributed by atoms with E-state index in [4.69, 9.17) is 16.7 Å². The van der Waals surface area contributed by atoms with Crippen LogP contribution in [0.1, 0.15) is 45.1 Å². The molecule has 1 amide bonds. The fourth-order valence-corrected chi connectivity index (χ4v) is 2.24. The molecule has 0 aliphatic heterocycles. The van der Waals surface area contributed by atoms with Crippen LogP contribution in [0.5, 0.6) is 0 Å². The average Bonchev–Trinajstić information content (AvgIpc) is 2.48. The molecule has 0 heterocycles. The van der Waals surface area contributed by atoms with E-state index in [1.165, 1.54) is 0 Å². The third kappa shape index (κ3) is 5.79. The van der Waals surface area contributed by atoms with Crippen molar-refractivity contribution >= 4 is 23.2 Å². The molecule has 1 aromatic rings. The largest absolute Gasteiger partial charge is 0.384 e. The van der Waals surface area contributed by atoms with E-state index in [1.807, 2.05) is 6.92 Å². The van der Waals surface area contributed by atoms with Crippen molar-refractivity contribution < 1.29 is 9.90 Å². The lowest BCUT2D eigenvalue weighted by molar-refractivity contribution is -0.120. The predicted molar refractivity (Wildman–Crippen MR) is 87.4 cm³/mol. The summed E-state index contributed by atoms with van der Waals surface area (Å²) in [5, 5.41) is 12.3. The summed E-state index contributed by atoms with van der Waals surface area (Å²) < 4.78 is 0. The van der Waals surface area contributed by atoms with Crippen LogP contribution in [0.15, 0.2) is 18.2 Å². The minimum atomic E-state index is -0.228. The van der Waals surface area contributed by atoms with Crippen molar-refractivity contribution in [1.29, 1.82) is 0 Å². The molecule has 4 heteroatoms. The second-order valence-electron chi connectivity index (χ2n) is 4.89. The fraction of sp³-hybridized carbons (Fsp3) is 0.471. The van der Waals surface area contributed by atoms with Gasteiger partial charge in [-0.05, 0) is 31.0 Å². The van der Waals surface area contributed by atoms with Crippen LogP contribution in [0.2, 0.25) is 5.02 Å². The molecule has 1 aromatic carbocycles. The summed E-state index contributed by atoms with van der Waals surface area (Å²) in [5.74, 6) is 5.42. The van der Waals surface area contributed by atoms with Gasteiger partial charge in [-0.1, -0.05) is 50.1 Å². The van der Waals surface area contributed by atoms with Crippen LogP contribution in [0, 0.1) is 17.8 Å². The number of hydrogen-bond donors (Lipinski definition) is 2. The van der Waals surface area contributed by atoms with Crippen LogP contribution in [-0.4, -0.2) is 17.6 Å². The SMILES string of the molecule is CCCCC(CC)C(=O)Nc1ccc(Cl)cc1C#CCO. The van der Waals surface area contributed by atoms with E-state index in [0.717, 1.165) is 25.7 Å². The summed E-state index contributed by atoms with van der Waals surface area (Å²) in [5.41, 5.74) is 1.26. The van der Waals surface area contributed by atoms with Gasteiger partial charge >= 0.3 is 0 Å². The Morgan fingerprint density at radius 1 is 1.43 bits per heavy atom. The van der Waals surface area contributed by atoms with Crippen molar-refractivity contribution in [3.05, 3.63) is 28.8 Å². The van der Waals surface area contributed by atoms with Gasteiger partial charge < -0.3 is 10.4 Å². The molecule has 3 nitrogen and oxygen atoms in total. The van der Waals surface area contributed by atoms with Gasteiger partial charge in [0.2, 0.25) is 5.91 Å². The predicted octanol–water partition coefficient (Wildman–Crippen LogP) is 3.84. The van der Waals surface area contributed by atoms with Crippen LogP contribution < -0.4 is 5.32 Å². The Kier molecular flexibility index (Phi) is 7.89. The number of nitrogens with one attached hydrogen (secondary N) is 1. The summed E-state index contributed by atoms with van der Waals surface area (Å²) in [6.45, 7) is 3.91. The first-order chi connectivity index (χ1) is 10.1. The van der Waals surface area contributed by atoms with Gasteiger partial charge in [-0.2, -0.15) is 0 Å². The average molecular weight is 308 g/mol. The van der Waals surface area contributed by atoms with Crippen LogP contribution in [0.4, 0.5) is 5.69 Å². The maximum absolute atomic E-state index is 12.3. The molecule has 0 saturated carbocycles. The number of halogens is 1. The first kappa shape index (κ1) is 17.6. The Balaban J connectivity index is 2.88. The molecule has 1 unspecified atom stereocenters. The highest BCUT2D eigenvalue weighted by Crippen LogP contribution is 2.22. The number of aliphatic hydroxyl groups is 1. The molecule has 0 bridgehead atoms. The second kappa shape index (κ2) is 9.44. The standard InChI is InChI=1S/C17H22ClNO2/c1-3-5-7-13(4-2)17(21)19-16-10-9-15(18)12-14(16)8-6-11-20/h9-10,12-13,20H,3-5,7,11H2,1-2H3,(H,19,21). The number of unbranched alkanes of at least 4 members (excludes halogenated alkanes) is 1. The number of anilines is 1. The van der Waals surface area contributed by atoms with Crippen molar-refractivity contribution in [2.24, 2.45) is 5.92 Å². The molecule has 0 aliphatic rings. The van der Waals surface area contributed by atoms with E-state index in [2.05, 4.69) is 24.1 Å². The zero-order valence-electron chi connectivity index (χ0n) is 12.6. The summed E-state index contributed by atoms with van der Waals surface area (Å²) in [4.78, 5) is 12.3. The van der Waals surface area contributed by atoms with Crippen molar-refractivity contribution in [2.75, 3.05) is 11.9 Å². The van der Waals surface area contributed by atoms with E-state index in [9.17, 15) is 4.79 Å². The monoisotopic (exact) mass is 307 g/mol. The number of aliphatic hydroxyl groups excluding tert-OH is 1. The highest BCUT2D eigenvalue weighted by molar-refractivity contribution is 6.30. The molecular weight excluding hydrogens is 286 g/mol. The minimum Gasteiger partial charge on any atom is -0.384 e. The highest BCUT2D eigenvalue weighted by Gasteiger charge is 2.16. The number of carbonyl (C=O) groups is 1. The summed E-state index contributed by atoms with van der Waals surface area (Å²) in [7, 11) is 0. The molecule has 0 radical (unpaired) electrons. The maximum atomic E-state index is 12.3. The van der Waals surface area contributed by atoms with Gasteiger partial charge in [0, 0.05) is 16.5 Å². The molecule has 21 heavy (non-hydrogen) atoms. The number of amides is 1. The van der Waals surface area contributed by atoms with E-state index in [0.29, 0.717) is 16.3 Å². The molecular formula is C17H22ClNO2. The van der Waals surface area contributed by atoms with Crippen molar-refractivity contribution in [3.8, 4) is 11.8 Å². The molecule has 0 aromatic heterocycles. The number of rotatable bonds is 6. The van der Waals surface area contributed by atoms with E-state index in [-0.39, 0.29) is 18.4 Å². The smallest absolute Gasteiger partial charge is 0.227 e. The van der Waals surface area contributed by atoms with Gasteiger partial charge in [0.25, 0.3) is 0 Å². The fourth-order valence-electron chi connectivity index (χ4n) is 2.07. The van der Waals surface area contributed by atoms with E-state index < -0.39 is 0 Å². The topological polar surface area (TPSA) is 49.3 Å². The van der Waals surface area contributed by atoms with Crippen molar-refractivity contribution in [2.45, 2.75) is 39.5 Å². The number of benzene rings is 1. The lowest BCUT2D eigenvalue weighted by Gasteiger charge is -2.15. The Morgan fingerprint density at radius 2 is 2.19 bits per heavy atom. The van der Waals surface area contributed by atoms with Gasteiger partial charge in [-0.15, -0.1) is 0 Å². The third-order valence-corrected chi connectivity index (χ3v) is 3.55. The number of carbonyl (C=O) groups excluding carboxylic acids is 1. The molecule has 0 spiro atoms. The lowest BCUT2D eigenvalue weighted by Crippen LogP contribution is -2.22. The Morgan fingerprint density at radius 3 is 2.81 bits per heavy atom. The van der Waals surface area contributed by atoms with Gasteiger partial charge in [0.15, 0.2) is 0 Å². The molecule has 1 atom stereocenters. The van der Waals surface area contributed by atoms with Crippen molar-refractivity contribution in [1.82, 2.24) is 0 Å². The first-order valence-electron chi connectivity index (χ1n) is 7.32. The van der Waals surface area contributed by atoms with Crippen LogP contribution in [0.25, 0.3) is 0 Å². The van der Waals surface area contributed by atoms with Crippen LogP contribution in [0.3, 0.4) is 0 Å². The normalized spacial score (nSPS) is 11.4. The molecule has 0 saturated heterocycles. The Hall–Kier alpha value is -1.50. The molecule has 0 fully saturated rings. The second-order valence-corrected chi connectivity index (χ2v) is 5.32. The van der Waals surface area contributed by atoms with Gasteiger partial charge in [-0.25, -0.2) is 0 Å². The Labute approximate surface area is 131 Å². The van der Waals surface area contributed by atoms with Crippen LogP contribution >= 0.6 is 11.6 Å². The summed E-state index contributed by atoms with van der Waals surface area (Å²) >= 11 is 5.95. The van der Waals surface area contributed by atoms with Gasteiger partial charge in [0.1, 0.15) is 6.61 Å².